The van der Waals surface area contributed by atoms with Crippen LogP contribution < -0.4 is 10.1 Å². The standard InChI is InChI=1S/C19H23N5O2S2/c1-3-26-15-9-5-4-8-14(15)12-16(25)20-19-24-23-18(28-19)11-7-6-10-17-22-21-13(2)27-17/h4-5,8-9H,3,6-7,10-12H2,1-2H3,(H,20,24,25). The molecule has 28 heavy (non-hydrogen) atoms. The van der Waals surface area contributed by atoms with E-state index in [0.717, 1.165) is 52.0 Å². The van der Waals surface area contributed by atoms with Crippen molar-refractivity contribution >= 4 is 33.7 Å². The Bertz CT molecular complexity index is 909. The third kappa shape index (κ3) is 6.07. The molecule has 1 aromatic carbocycles. The summed E-state index contributed by atoms with van der Waals surface area (Å²) in [5, 5.41) is 22.8. The number of anilines is 1. The second-order valence-electron chi connectivity index (χ2n) is 6.19. The Labute approximate surface area is 172 Å². The van der Waals surface area contributed by atoms with Crippen LogP contribution in [0, 0.1) is 6.92 Å². The summed E-state index contributed by atoms with van der Waals surface area (Å²) in [4.78, 5) is 12.3. The Morgan fingerprint density at radius 2 is 1.75 bits per heavy atom. The molecule has 1 amide bonds. The quantitative estimate of drug-likeness (QED) is 0.504. The Kier molecular flexibility index (Phi) is 7.44. The van der Waals surface area contributed by atoms with E-state index in [0.29, 0.717) is 11.7 Å². The topological polar surface area (TPSA) is 89.9 Å². The lowest BCUT2D eigenvalue weighted by atomic mass is 10.1. The fourth-order valence-corrected chi connectivity index (χ4v) is 4.23. The number of hydrogen-bond acceptors (Lipinski definition) is 8. The largest absolute Gasteiger partial charge is 0.494 e. The number of carbonyl (C=O) groups excluding carboxylic acids is 1. The lowest BCUT2D eigenvalue weighted by Gasteiger charge is -2.09. The van der Waals surface area contributed by atoms with Crippen LogP contribution >= 0.6 is 22.7 Å². The van der Waals surface area contributed by atoms with Crippen molar-refractivity contribution in [2.24, 2.45) is 0 Å². The number of aromatic nitrogens is 4. The minimum absolute atomic E-state index is 0.124. The Balaban J connectivity index is 1.44. The first kappa shape index (κ1) is 20.3. The maximum Gasteiger partial charge on any atom is 0.230 e. The van der Waals surface area contributed by atoms with Crippen molar-refractivity contribution in [3.63, 3.8) is 0 Å². The van der Waals surface area contributed by atoms with E-state index in [4.69, 9.17) is 4.74 Å². The highest BCUT2D eigenvalue weighted by molar-refractivity contribution is 7.15. The summed E-state index contributed by atoms with van der Waals surface area (Å²) in [6.07, 6.45) is 4.06. The van der Waals surface area contributed by atoms with Crippen molar-refractivity contribution in [1.29, 1.82) is 0 Å². The first-order chi connectivity index (χ1) is 13.6. The van der Waals surface area contributed by atoms with Gasteiger partial charge in [0.25, 0.3) is 0 Å². The molecule has 3 rings (SSSR count). The molecular formula is C19H23N5O2S2. The third-order valence-electron chi connectivity index (χ3n) is 3.94. The number of ether oxygens (including phenoxy) is 1. The van der Waals surface area contributed by atoms with Crippen LogP contribution in [0.5, 0.6) is 5.75 Å². The molecule has 0 spiro atoms. The van der Waals surface area contributed by atoms with E-state index in [1.54, 1.807) is 11.3 Å². The van der Waals surface area contributed by atoms with Gasteiger partial charge in [-0.2, -0.15) is 0 Å². The molecule has 0 atom stereocenters. The van der Waals surface area contributed by atoms with E-state index < -0.39 is 0 Å². The Morgan fingerprint density at radius 1 is 1.04 bits per heavy atom. The van der Waals surface area contributed by atoms with Crippen LogP contribution in [0.15, 0.2) is 24.3 Å². The third-order valence-corrected chi connectivity index (χ3v) is 5.73. The van der Waals surface area contributed by atoms with Gasteiger partial charge in [0, 0.05) is 18.4 Å². The fourth-order valence-electron chi connectivity index (χ4n) is 2.68. The summed E-state index contributed by atoms with van der Waals surface area (Å²) in [6, 6.07) is 7.57. The highest BCUT2D eigenvalue weighted by atomic mass is 32.1. The van der Waals surface area contributed by atoms with Gasteiger partial charge < -0.3 is 10.1 Å². The number of carbonyl (C=O) groups is 1. The van der Waals surface area contributed by atoms with Crippen molar-refractivity contribution < 1.29 is 9.53 Å². The molecule has 0 bridgehead atoms. The molecule has 0 aliphatic carbocycles. The van der Waals surface area contributed by atoms with Gasteiger partial charge >= 0.3 is 0 Å². The predicted octanol–water partition coefficient (Wildman–Crippen LogP) is 3.84. The minimum Gasteiger partial charge on any atom is -0.494 e. The zero-order valence-electron chi connectivity index (χ0n) is 16.0. The van der Waals surface area contributed by atoms with E-state index in [-0.39, 0.29) is 12.3 Å². The maximum atomic E-state index is 12.3. The van der Waals surface area contributed by atoms with Crippen molar-refractivity contribution in [3.05, 3.63) is 44.9 Å². The molecule has 0 aliphatic heterocycles. The molecular weight excluding hydrogens is 394 g/mol. The summed E-state index contributed by atoms with van der Waals surface area (Å²) in [7, 11) is 0. The molecule has 0 unspecified atom stereocenters. The molecule has 0 saturated heterocycles. The number of para-hydroxylation sites is 1. The van der Waals surface area contributed by atoms with Crippen LogP contribution in [0.2, 0.25) is 0 Å². The summed E-state index contributed by atoms with van der Waals surface area (Å²) >= 11 is 3.07. The normalized spacial score (nSPS) is 10.8. The molecule has 0 fully saturated rings. The number of amides is 1. The van der Waals surface area contributed by atoms with Gasteiger partial charge in [-0.25, -0.2) is 0 Å². The molecule has 1 N–H and O–H groups in total. The van der Waals surface area contributed by atoms with Crippen LogP contribution in [-0.4, -0.2) is 32.9 Å². The molecule has 148 valence electrons. The average molecular weight is 418 g/mol. The van der Waals surface area contributed by atoms with E-state index in [1.807, 2.05) is 38.1 Å². The number of benzene rings is 1. The fraction of sp³-hybridized carbons (Fsp3) is 0.421. The summed E-state index contributed by atoms with van der Waals surface area (Å²) in [6.45, 7) is 4.46. The smallest absolute Gasteiger partial charge is 0.230 e. The minimum atomic E-state index is -0.124. The summed E-state index contributed by atoms with van der Waals surface area (Å²) in [5.74, 6) is 0.616. The van der Waals surface area contributed by atoms with Gasteiger partial charge in [-0.3, -0.25) is 4.79 Å². The molecule has 0 saturated carbocycles. The van der Waals surface area contributed by atoms with Crippen LogP contribution in [0.25, 0.3) is 0 Å². The van der Waals surface area contributed by atoms with E-state index >= 15 is 0 Å². The van der Waals surface area contributed by atoms with Gasteiger partial charge in [-0.05, 0) is 32.8 Å². The van der Waals surface area contributed by atoms with Gasteiger partial charge in [0.1, 0.15) is 20.8 Å². The average Bonchev–Trinajstić information content (AvgIpc) is 3.29. The molecule has 0 aliphatic rings. The van der Waals surface area contributed by atoms with E-state index in [2.05, 4.69) is 25.7 Å². The van der Waals surface area contributed by atoms with Gasteiger partial charge in [-0.1, -0.05) is 29.5 Å². The lowest BCUT2D eigenvalue weighted by Crippen LogP contribution is -2.15. The predicted molar refractivity (Wildman–Crippen MR) is 111 cm³/mol. The van der Waals surface area contributed by atoms with Crippen LogP contribution in [0.4, 0.5) is 5.13 Å². The lowest BCUT2D eigenvalue weighted by molar-refractivity contribution is -0.115. The number of nitrogens with one attached hydrogen (secondary N) is 1. The molecule has 3 aromatic rings. The van der Waals surface area contributed by atoms with Gasteiger partial charge in [0.2, 0.25) is 11.0 Å². The maximum absolute atomic E-state index is 12.3. The van der Waals surface area contributed by atoms with Crippen molar-refractivity contribution in [2.75, 3.05) is 11.9 Å². The van der Waals surface area contributed by atoms with E-state index in [9.17, 15) is 4.79 Å². The number of rotatable bonds is 10. The summed E-state index contributed by atoms with van der Waals surface area (Å²) < 4.78 is 5.57. The SMILES string of the molecule is CCOc1ccccc1CC(=O)Nc1nnc(CCCCc2nnc(C)s2)s1. The zero-order valence-corrected chi connectivity index (χ0v) is 17.6. The molecule has 7 nitrogen and oxygen atoms in total. The van der Waals surface area contributed by atoms with Gasteiger partial charge in [-0.15, -0.1) is 31.7 Å². The van der Waals surface area contributed by atoms with Crippen molar-refractivity contribution in [2.45, 2.75) is 46.0 Å². The molecule has 2 aromatic heterocycles. The first-order valence-electron chi connectivity index (χ1n) is 9.26. The Morgan fingerprint density at radius 3 is 2.46 bits per heavy atom. The van der Waals surface area contributed by atoms with Gasteiger partial charge in [0.15, 0.2) is 0 Å². The van der Waals surface area contributed by atoms with Crippen LogP contribution in [0.3, 0.4) is 0 Å². The highest BCUT2D eigenvalue weighted by Gasteiger charge is 2.12. The zero-order chi connectivity index (χ0) is 19.8. The van der Waals surface area contributed by atoms with E-state index in [1.165, 1.54) is 11.3 Å². The number of unbranched alkanes of at least 4 members (excludes halogenated alkanes) is 1. The van der Waals surface area contributed by atoms with Crippen LogP contribution in [-0.2, 0) is 24.1 Å². The van der Waals surface area contributed by atoms with Crippen molar-refractivity contribution in [1.82, 2.24) is 20.4 Å². The second-order valence-corrected chi connectivity index (χ2v) is 8.52. The molecule has 0 radical (unpaired) electrons. The Hall–Kier alpha value is -2.39. The van der Waals surface area contributed by atoms with Crippen LogP contribution in [0.1, 0.15) is 40.4 Å². The van der Waals surface area contributed by atoms with Crippen molar-refractivity contribution in [3.8, 4) is 5.75 Å². The monoisotopic (exact) mass is 417 g/mol. The summed E-state index contributed by atoms with van der Waals surface area (Å²) in [5.41, 5.74) is 0.860. The van der Waals surface area contributed by atoms with Gasteiger partial charge in [0.05, 0.1) is 13.0 Å². The molecule has 9 heteroatoms. The number of nitrogens with zero attached hydrogens (tertiary/aromatic N) is 4. The number of hydrogen-bond donors (Lipinski definition) is 1. The molecule has 2 heterocycles. The second kappa shape index (κ2) is 10.2. The highest BCUT2D eigenvalue weighted by Crippen LogP contribution is 2.21. The first-order valence-corrected chi connectivity index (χ1v) is 10.9. The number of aryl methyl sites for hydroxylation is 3.